The zero-order chi connectivity index (χ0) is 19.4. The van der Waals surface area contributed by atoms with Gasteiger partial charge >= 0.3 is 0 Å². The summed E-state index contributed by atoms with van der Waals surface area (Å²) in [6.45, 7) is 3.42. The molecule has 0 saturated heterocycles. The first-order valence-corrected chi connectivity index (χ1v) is 8.94. The lowest BCUT2D eigenvalue weighted by molar-refractivity contribution is 0.0879. The van der Waals surface area contributed by atoms with Crippen LogP contribution in [0.3, 0.4) is 0 Å². The van der Waals surface area contributed by atoms with Gasteiger partial charge in [0.25, 0.3) is 0 Å². The summed E-state index contributed by atoms with van der Waals surface area (Å²) in [7, 11) is 0. The summed E-state index contributed by atoms with van der Waals surface area (Å²) in [6.07, 6.45) is 0.835. The molecule has 2 nitrogen and oxygen atoms in total. The normalized spacial score (nSPS) is 13.3. The predicted molar refractivity (Wildman–Crippen MR) is 99.0 cm³/mol. The highest BCUT2D eigenvalue weighted by molar-refractivity contribution is 6.36. The van der Waals surface area contributed by atoms with Gasteiger partial charge in [-0.3, -0.25) is 9.59 Å². The number of ketones is 2. The van der Waals surface area contributed by atoms with Crippen molar-refractivity contribution in [3.63, 3.8) is 0 Å². The molecule has 0 bridgehead atoms. The van der Waals surface area contributed by atoms with E-state index in [1.54, 1.807) is 26.0 Å². The number of benzene rings is 2. The molecule has 0 aliphatic rings. The molecule has 2 aromatic carbocycles. The third kappa shape index (κ3) is 4.89. The van der Waals surface area contributed by atoms with Gasteiger partial charge in [-0.1, -0.05) is 37.0 Å². The summed E-state index contributed by atoms with van der Waals surface area (Å²) in [5, 5.41) is 0.728. The average molecular weight is 399 g/mol. The van der Waals surface area contributed by atoms with Gasteiger partial charge in [0.15, 0.2) is 11.6 Å². The molecule has 26 heavy (non-hydrogen) atoms. The van der Waals surface area contributed by atoms with Gasteiger partial charge in [0, 0.05) is 28.5 Å². The number of Topliss-reactive ketones (excluding diaryl/α,β-unsaturated/α-hetero) is 2. The van der Waals surface area contributed by atoms with Crippen molar-refractivity contribution in [3.8, 4) is 0 Å². The van der Waals surface area contributed by atoms with Gasteiger partial charge in [0.1, 0.15) is 11.6 Å². The number of hydrogen-bond donors (Lipinski definition) is 0. The quantitative estimate of drug-likeness (QED) is 0.506. The second-order valence-corrected chi connectivity index (χ2v) is 7.20. The summed E-state index contributed by atoms with van der Waals surface area (Å²) in [5.41, 5.74) is 0.241. The molecular weight excluding hydrogens is 381 g/mol. The Hall–Kier alpha value is -1.78. The van der Waals surface area contributed by atoms with E-state index in [-0.39, 0.29) is 22.3 Å². The summed E-state index contributed by atoms with van der Waals surface area (Å²) in [4.78, 5) is 24.8. The summed E-state index contributed by atoms with van der Waals surface area (Å²) >= 11 is 11.9. The summed E-state index contributed by atoms with van der Waals surface area (Å²) < 4.78 is 26.7. The van der Waals surface area contributed by atoms with Crippen molar-refractivity contribution in [1.82, 2.24) is 0 Å². The molecule has 2 rings (SSSR count). The Morgan fingerprint density at radius 2 is 1.42 bits per heavy atom. The third-order valence-corrected chi connectivity index (χ3v) is 4.87. The van der Waals surface area contributed by atoms with Crippen LogP contribution in [0.25, 0.3) is 0 Å². The summed E-state index contributed by atoms with van der Waals surface area (Å²) in [6, 6.07) is 7.56. The minimum absolute atomic E-state index is 0.140. The maximum absolute atomic E-state index is 13.7. The van der Waals surface area contributed by atoms with Crippen LogP contribution in [0.1, 0.15) is 47.4 Å². The second kappa shape index (κ2) is 8.74. The van der Waals surface area contributed by atoms with Crippen LogP contribution in [-0.4, -0.2) is 11.6 Å². The zero-order valence-electron chi connectivity index (χ0n) is 14.4. The second-order valence-electron chi connectivity index (χ2n) is 6.36. The number of hydrogen-bond acceptors (Lipinski definition) is 2. The Balaban J connectivity index is 2.00. The van der Waals surface area contributed by atoms with Crippen molar-refractivity contribution in [3.05, 3.63) is 69.2 Å². The molecule has 0 aromatic heterocycles. The lowest BCUT2D eigenvalue weighted by Gasteiger charge is -2.15. The van der Waals surface area contributed by atoms with E-state index in [2.05, 4.69) is 0 Å². The minimum Gasteiger partial charge on any atom is -0.294 e. The lowest BCUT2D eigenvalue weighted by atomic mass is 9.88. The molecule has 2 unspecified atom stereocenters. The van der Waals surface area contributed by atoms with Crippen molar-refractivity contribution < 1.29 is 18.4 Å². The van der Waals surface area contributed by atoms with Crippen molar-refractivity contribution in [2.24, 2.45) is 11.8 Å². The molecule has 0 aliphatic carbocycles. The van der Waals surface area contributed by atoms with E-state index in [0.29, 0.717) is 29.5 Å². The van der Waals surface area contributed by atoms with Crippen LogP contribution >= 0.6 is 23.2 Å². The molecule has 2 atom stereocenters. The lowest BCUT2D eigenvalue weighted by Crippen LogP contribution is -2.17. The van der Waals surface area contributed by atoms with Crippen molar-refractivity contribution >= 4 is 34.8 Å². The fourth-order valence-electron chi connectivity index (χ4n) is 2.67. The van der Waals surface area contributed by atoms with E-state index in [0.717, 1.165) is 12.1 Å². The smallest absolute Gasteiger partial charge is 0.168 e. The summed E-state index contributed by atoms with van der Waals surface area (Å²) in [5.74, 6) is -3.01. The molecule has 0 aliphatic heterocycles. The van der Waals surface area contributed by atoms with Crippen LogP contribution in [0.4, 0.5) is 8.78 Å². The molecule has 0 heterocycles. The number of carbonyl (C=O) groups is 2. The fraction of sp³-hybridized carbons (Fsp3) is 0.300. The Morgan fingerprint density at radius 3 is 1.96 bits per heavy atom. The molecular formula is C20H18Cl2F2O2. The van der Waals surface area contributed by atoms with Crippen LogP contribution < -0.4 is 0 Å². The van der Waals surface area contributed by atoms with E-state index in [4.69, 9.17) is 23.2 Å². The van der Waals surface area contributed by atoms with Crippen molar-refractivity contribution in [2.45, 2.75) is 26.7 Å². The molecule has 0 spiro atoms. The average Bonchev–Trinajstić information content (AvgIpc) is 2.58. The first-order chi connectivity index (χ1) is 12.2. The molecule has 2 aromatic rings. The van der Waals surface area contributed by atoms with E-state index < -0.39 is 23.3 Å². The maximum atomic E-state index is 13.7. The van der Waals surface area contributed by atoms with Gasteiger partial charge < -0.3 is 0 Å². The van der Waals surface area contributed by atoms with E-state index in [1.165, 1.54) is 6.07 Å². The van der Waals surface area contributed by atoms with Gasteiger partial charge in [-0.25, -0.2) is 8.78 Å². The monoisotopic (exact) mass is 398 g/mol. The SMILES string of the molecule is CC(CCC(C)C(=O)c1ccc(Cl)cc1Cl)C(=O)c1ccc(F)cc1F. The van der Waals surface area contributed by atoms with Crippen LogP contribution in [0.15, 0.2) is 36.4 Å². The topological polar surface area (TPSA) is 34.1 Å². The number of carbonyl (C=O) groups excluding carboxylic acids is 2. The van der Waals surface area contributed by atoms with E-state index >= 15 is 0 Å². The van der Waals surface area contributed by atoms with E-state index in [1.807, 2.05) is 0 Å². The highest BCUT2D eigenvalue weighted by Gasteiger charge is 2.23. The molecule has 6 heteroatoms. The highest BCUT2D eigenvalue weighted by Crippen LogP contribution is 2.26. The Labute approximate surface area is 161 Å². The minimum atomic E-state index is -0.876. The van der Waals surface area contributed by atoms with Crippen molar-refractivity contribution in [2.75, 3.05) is 0 Å². The van der Waals surface area contributed by atoms with Crippen LogP contribution in [-0.2, 0) is 0 Å². The predicted octanol–water partition coefficient (Wildman–Crippen LogP) is 6.39. The Morgan fingerprint density at radius 1 is 0.885 bits per heavy atom. The first kappa shape index (κ1) is 20.5. The van der Waals surface area contributed by atoms with Gasteiger partial charge in [0.05, 0.1) is 10.6 Å². The zero-order valence-corrected chi connectivity index (χ0v) is 15.9. The highest BCUT2D eigenvalue weighted by atomic mass is 35.5. The molecule has 0 amide bonds. The maximum Gasteiger partial charge on any atom is 0.168 e. The van der Waals surface area contributed by atoms with Gasteiger partial charge in [-0.15, -0.1) is 0 Å². The molecule has 138 valence electrons. The number of halogens is 4. The van der Waals surface area contributed by atoms with Crippen LogP contribution in [0.5, 0.6) is 0 Å². The first-order valence-electron chi connectivity index (χ1n) is 8.19. The van der Waals surface area contributed by atoms with Crippen LogP contribution in [0, 0.1) is 23.5 Å². The van der Waals surface area contributed by atoms with Gasteiger partial charge in [-0.05, 0) is 43.2 Å². The Bertz CT molecular complexity index is 767. The molecule has 0 radical (unpaired) electrons. The van der Waals surface area contributed by atoms with Crippen LogP contribution in [0.2, 0.25) is 10.0 Å². The molecule has 0 fully saturated rings. The third-order valence-electron chi connectivity index (χ3n) is 4.32. The van der Waals surface area contributed by atoms with Gasteiger partial charge in [0.2, 0.25) is 0 Å². The molecule has 0 saturated carbocycles. The number of rotatable bonds is 7. The fourth-order valence-corrected chi connectivity index (χ4v) is 3.17. The standard InChI is InChI=1S/C20H18Cl2F2O2/c1-11(19(25)15-7-5-13(21)9-17(15)22)3-4-12(2)20(26)16-8-6-14(23)10-18(16)24/h5-12H,3-4H2,1-2H3. The Kier molecular flexibility index (Phi) is 6.90. The van der Waals surface area contributed by atoms with E-state index in [9.17, 15) is 18.4 Å². The van der Waals surface area contributed by atoms with Gasteiger partial charge in [-0.2, -0.15) is 0 Å². The largest absolute Gasteiger partial charge is 0.294 e. The van der Waals surface area contributed by atoms with Crippen molar-refractivity contribution in [1.29, 1.82) is 0 Å². The molecule has 0 N–H and O–H groups in total.